The minimum Gasteiger partial charge on any atom is -0.389 e. The van der Waals surface area contributed by atoms with Crippen LogP contribution >= 0.6 is 11.3 Å². The first-order valence-electron chi connectivity index (χ1n) is 5.70. The van der Waals surface area contributed by atoms with Gasteiger partial charge in [-0.15, -0.1) is 11.3 Å². The van der Waals surface area contributed by atoms with E-state index in [9.17, 15) is 5.11 Å². The number of nitrogens with one attached hydrogen (secondary N) is 1. The molecule has 0 amide bonds. The summed E-state index contributed by atoms with van der Waals surface area (Å²) in [5.74, 6) is 0. The third-order valence-electron chi connectivity index (χ3n) is 2.46. The van der Waals surface area contributed by atoms with E-state index in [4.69, 9.17) is 0 Å². The Bertz CT molecular complexity index is 468. The Kier molecular flexibility index (Phi) is 4.25. The zero-order valence-electron chi connectivity index (χ0n) is 9.81. The van der Waals surface area contributed by atoms with Gasteiger partial charge in [0.15, 0.2) is 0 Å². The molecule has 0 aliphatic rings. The van der Waals surface area contributed by atoms with Crippen LogP contribution < -0.4 is 5.32 Å². The Morgan fingerprint density at radius 1 is 1.29 bits per heavy atom. The fourth-order valence-corrected chi connectivity index (χ4v) is 2.57. The molecular formula is C13H16N2OS. The Morgan fingerprint density at radius 2 is 2.06 bits per heavy atom. The van der Waals surface area contributed by atoms with Crippen molar-refractivity contribution in [3.63, 3.8) is 0 Å². The summed E-state index contributed by atoms with van der Waals surface area (Å²) in [6.45, 7) is 3.83. The first-order chi connectivity index (χ1) is 8.35. The van der Waals surface area contributed by atoms with Gasteiger partial charge in [-0.2, -0.15) is 0 Å². The Hall–Kier alpha value is -1.23. The molecule has 0 unspecified atom stereocenters. The molecular weight excluding hydrogens is 232 g/mol. The molecule has 1 heterocycles. The number of rotatable bonds is 5. The van der Waals surface area contributed by atoms with Crippen LogP contribution in [0.2, 0.25) is 0 Å². The highest BCUT2D eigenvalue weighted by molar-refractivity contribution is 7.12. The number of hydrogen-bond acceptors (Lipinski definition) is 4. The predicted molar refractivity (Wildman–Crippen MR) is 70.9 cm³/mol. The van der Waals surface area contributed by atoms with Gasteiger partial charge in [0.2, 0.25) is 0 Å². The molecule has 0 atom stereocenters. The summed E-state index contributed by atoms with van der Waals surface area (Å²) in [4.78, 5) is 5.66. The van der Waals surface area contributed by atoms with Crippen LogP contribution in [-0.4, -0.2) is 16.6 Å². The van der Waals surface area contributed by atoms with Crippen molar-refractivity contribution >= 4 is 11.3 Å². The van der Waals surface area contributed by atoms with Gasteiger partial charge in [-0.25, -0.2) is 4.98 Å². The van der Waals surface area contributed by atoms with Gasteiger partial charge in [-0.1, -0.05) is 37.3 Å². The third-order valence-corrected chi connectivity index (χ3v) is 3.50. The molecule has 1 aromatic carbocycles. The minimum atomic E-state index is 0.0105. The van der Waals surface area contributed by atoms with E-state index < -0.39 is 0 Å². The van der Waals surface area contributed by atoms with Crippen LogP contribution in [0.25, 0.3) is 11.3 Å². The van der Waals surface area contributed by atoms with Crippen LogP contribution in [0.4, 0.5) is 0 Å². The molecule has 2 aromatic rings. The standard InChI is InChI=1S/C13H16N2OS/c1-2-14-8-11-13(15-12(9-16)17-11)10-6-4-3-5-7-10/h3-7,14,16H,2,8-9H2,1H3. The molecule has 3 nitrogen and oxygen atoms in total. The van der Waals surface area contributed by atoms with Crippen molar-refractivity contribution in [3.05, 3.63) is 40.2 Å². The minimum absolute atomic E-state index is 0.0105. The lowest BCUT2D eigenvalue weighted by Gasteiger charge is -2.02. The molecule has 0 saturated carbocycles. The molecule has 0 bridgehead atoms. The van der Waals surface area contributed by atoms with Gasteiger partial charge in [-0.05, 0) is 6.54 Å². The Labute approximate surface area is 105 Å². The molecule has 17 heavy (non-hydrogen) atoms. The van der Waals surface area contributed by atoms with Crippen LogP contribution in [0.3, 0.4) is 0 Å². The number of aliphatic hydroxyl groups excluding tert-OH is 1. The molecule has 0 aliphatic heterocycles. The quantitative estimate of drug-likeness (QED) is 0.854. The smallest absolute Gasteiger partial charge is 0.119 e. The molecule has 0 aliphatic carbocycles. The van der Waals surface area contributed by atoms with Gasteiger partial charge >= 0.3 is 0 Å². The number of thiazole rings is 1. The van der Waals surface area contributed by atoms with Gasteiger partial charge in [-0.3, -0.25) is 0 Å². The fraction of sp³-hybridized carbons (Fsp3) is 0.308. The monoisotopic (exact) mass is 248 g/mol. The zero-order chi connectivity index (χ0) is 12.1. The first-order valence-corrected chi connectivity index (χ1v) is 6.52. The lowest BCUT2D eigenvalue weighted by atomic mass is 10.1. The van der Waals surface area contributed by atoms with Crippen molar-refractivity contribution in [2.75, 3.05) is 6.54 Å². The van der Waals surface area contributed by atoms with Gasteiger partial charge in [0.1, 0.15) is 5.01 Å². The van der Waals surface area contributed by atoms with Gasteiger partial charge in [0.05, 0.1) is 12.3 Å². The second-order valence-electron chi connectivity index (χ2n) is 3.68. The molecule has 90 valence electrons. The molecule has 0 fully saturated rings. The molecule has 2 N–H and O–H groups in total. The third kappa shape index (κ3) is 2.91. The fourth-order valence-electron chi connectivity index (χ4n) is 1.65. The maximum atomic E-state index is 9.18. The van der Waals surface area contributed by atoms with Crippen LogP contribution in [-0.2, 0) is 13.2 Å². The highest BCUT2D eigenvalue weighted by Gasteiger charge is 2.11. The van der Waals surface area contributed by atoms with E-state index in [2.05, 4.69) is 17.2 Å². The van der Waals surface area contributed by atoms with E-state index >= 15 is 0 Å². The van der Waals surface area contributed by atoms with Crippen molar-refractivity contribution in [1.29, 1.82) is 0 Å². The average molecular weight is 248 g/mol. The summed E-state index contributed by atoms with van der Waals surface area (Å²) in [6, 6.07) is 10.1. The lowest BCUT2D eigenvalue weighted by Crippen LogP contribution is -2.11. The van der Waals surface area contributed by atoms with Crippen molar-refractivity contribution < 1.29 is 5.11 Å². The van der Waals surface area contributed by atoms with Gasteiger partial charge in [0, 0.05) is 17.0 Å². The van der Waals surface area contributed by atoms with E-state index in [0.29, 0.717) is 0 Å². The number of nitrogens with zero attached hydrogens (tertiary/aromatic N) is 1. The van der Waals surface area contributed by atoms with E-state index in [1.807, 2.05) is 30.3 Å². The van der Waals surface area contributed by atoms with Crippen molar-refractivity contribution in [1.82, 2.24) is 10.3 Å². The van der Waals surface area contributed by atoms with E-state index in [-0.39, 0.29) is 6.61 Å². The SMILES string of the molecule is CCNCc1sc(CO)nc1-c1ccccc1. The second-order valence-corrected chi connectivity index (χ2v) is 4.85. The van der Waals surface area contributed by atoms with Gasteiger partial charge < -0.3 is 10.4 Å². The van der Waals surface area contributed by atoms with Crippen LogP contribution in [0, 0.1) is 0 Å². The highest BCUT2D eigenvalue weighted by Crippen LogP contribution is 2.28. The van der Waals surface area contributed by atoms with Crippen molar-refractivity contribution in [2.24, 2.45) is 0 Å². The second kappa shape index (κ2) is 5.91. The van der Waals surface area contributed by atoms with E-state index in [1.54, 1.807) is 11.3 Å². The summed E-state index contributed by atoms with van der Waals surface area (Å²) in [7, 11) is 0. The highest BCUT2D eigenvalue weighted by atomic mass is 32.1. The predicted octanol–water partition coefficient (Wildman–Crippen LogP) is 2.41. The number of aromatic nitrogens is 1. The van der Waals surface area contributed by atoms with Gasteiger partial charge in [0.25, 0.3) is 0 Å². The first kappa shape index (κ1) is 12.2. The summed E-state index contributed by atoms with van der Waals surface area (Å²) in [6.07, 6.45) is 0. The maximum Gasteiger partial charge on any atom is 0.119 e. The van der Waals surface area contributed by atoms with Crippen LogP contribution in [0.15, 0.2) is 30.3 Å². The lowest BCUT2D eigenvalue weighted by molar-refractivity contribution is 0.281. The average Bonchev–Trinajstić information content (AvgIpc) is 2.80. The molecule has 0 radical (unpaired) electrons. The topological polar surface area (TPSA) is 45.1 Å². The van der Waals surface area contributed by atoms with Crippen LogP contribution in [0.5, 0.6) is 0 Å². The summed E-state index contributed by atoms with van der Waals surface area (Å²) < 4.78 is 0. The number of aliphatic hydroxyl groups is 1. The number of hydrogen-bond donors (Lipinski definition) is 2. The molecule has 0 spiro atoms. The van der Waals surface area contributed by atoms with E-state index in [0.717, 1.165) is 29.4 Å². The zero-order valence-corrected chi connectivity index (χ0v) is 10.6. The summed E-state index contributed by atoms with van der Waals surface area (Å²) in [5, 5.41) is 13.3. The Morgan fingerprint density at radius 3 is 2.71 bits per heavy atom. The maximum absolute atomic E-state index is 9.18. The normalized spacial score (nSPS) is 10.7. The summed E-state index contributed by atoms with van der Waals surface area (Å²) >= 11 is 1.57. The molecule has 1 aromatic heterocycles. The van der Waals surface area contributed by atoms with Crippen molar-refractivity contribution in [2.45, 2.75) is 20.1 Å². The number of benzene rings is 1. The molecule has 4 heteroatoms. The largest absolute Gasteiger partial charge is 0.389 e. The Balaban J connectivity index is 2.34. The van der Waals surface area contributed by atoms with Crippen LogP contribution in [0.1, 0.15) is 16.8 Å². The van der Waals surface area contributed by atoms with Crippen molar-refractivity contribution in [3.8, 4) is 11.3 Å². The molecule has 2 rings (SSSR count). The summed E-state index contributed by atoms with van der Waals surface area (Å²) in [5.41, 5.74) is 2.09. The van der Waals surface area contributed by atoms with E-state index in [1.165, 1.54) is 4.88 Å². The molecule has 0 saturated heterocycles.